The molecule has 0 bridgehead atoms. The molecule has 5 heteroatoms. The Hall–Kier alpha value is -1.83. The van der Waals surface area contributed by atoms with Crippen LogP contribution in [0.25, 0.3) is 0 Å². The van der Waals surface area contributed by atoms with Crippen LogP contribution in [0.3, 0.4) is 0 Å². The van der Waals surface area contributed by atoms with Gasteiger partial charge in [0.1, 0.15) is 5.78 Å². The summed E-state index contributed by atoms with van der Waals surface area (Å²) in [5.74, 6) is -2.19. The molecule has 0 heterocycles. The number of hydrogen-bond acceptors (Lipinski definition) is 4. The average Bonchev–Trinajstić information content (AvgIpc) is 2.09. The van der Waals surface area contributed by atoms with Crippen molar-refractivity contribution < 1.29 is 24.2 Å². The van der Waals surface area contributed by atoms with Crippen molar-refractivity contribution in [2.45, 2.75) is 13.3 Å². The highest BCUT2D eigenvalue weighted by Crippen LogP contribution is 2.06. The van der Waals surface area contributed by atoms with Gasteiger partial charge in [0, 0.05) is 6.42 Å². The summed E-state index contributed by atoms with van der Waals surface area (Å²) >= 11 is 0. The predicted molar refractivity (Wildman–Crippen MR) is 46.2 cm³/mol. The second kappa shape index (κ2) is 5.75. The van der Waals surface area contributed by atoms with E-state index in [-0.39, 0.29) is 13.0 Å². The van der Waals surface area contributed by atoms with Gasteiger partial charge < -0.3 is 9.84 Å². The number of ketones is 1. The summed E-state index contributed by atoms with van der Waals surface area (Å²) in [5, 5.41) is 8.59. The van der Waals surface area contributed by atoms with E-state index in [0.29, 0.717) is 0 Å². The SMILES string of the molecule is C#CCOC(=O)C(CC(C)=O)C(=O)O. The molecule has 14 heavy (non-hydrogen) atoms. The second-order valence-electron chi connectivity index (χ2n) is 2.61. The molecule has 0 spiro atoms. The summed E-state index contributed by atoms with van der Waals surface area (Å²) < 4.78 is 4.41. The van der Waals surface area contributed by atoms with Gasteiger partial charge in [-0.15, -0.1) is 6.42 Å². The van der Waals surface area contributed by atoms with Gasteiger partial charge >= 0.3 is 11.9 Å². The molecule has 1 atom stereocenters. The minimum Gasteiger partial charge on any atom is -0.481 e. The van der Waals surface area contributed by atoms with Crippen LogP contribution >= 0.6 is 0 Å². The Morgan fingerprint density at radius 1 is 1.50 bits per heavy atom. The van der Waals surface area contributed by atoms with Crippen LogP contribution in [-0.2, 0) is 19.1 Å². The van der Waals surface area contributed by atoms with Crippen LogP contribution in [0, 0.1) is 18.3 Å². The molecule has 0 aromatic heterocycles. The molecule has 5 nitrogen and oxygen atoms in total. The molecular weight excluding hydrogens is 188 g/mol. The third kappa shape index (κ3) is 4.26. The monoisotopic (exact) mass is 198 g/mol. The molecule has 0 aliphatic rings. The minimum absolute atomic E-state index is 0.291. The molecule has 0 aromatic carbocycles. The maximum Gasteiger partial charge on any atom is 0.321 e. The number of aliphatic carboxylic acids is 1. The van der Waals surface area contributed by atoms with Crippen LogP contribution < -0.4 is 0 Å². The molecule has 1 N–H and O–H groups in total. The van der Waals surface area contributed by atoms with Crippen LogP contribution in [-0.4, -0.2) is 29.4 Å². The lowest BCUT2D eigenvalue weighted by atomic mass is 10.0. The van der Waals surface area contributed by atoms with Crippen molar-refractivity contribution in [3.63, 3.8) is 0 Å². The van der Waals surface area contributed by atoms with Gasteiger partial charge in [0.15, 0.2) is 12.5 Å². The summed E-state index contributed by atoms with van der Waals surface area (Å²) in [6, 6.07) is 0. The van der Waals surface area contributed by atoms with Crippen LogP contribution in [0.4, 0.5) is 0 Å². The molecule has 0 saturated heterocycles. The number of carbonyl (C=O) groups is 3. The lowest BCUT2D eigenvalue weighted by Crippen LogP contribution is -2.27. The van der Waals surface area contributed by atoms with Gasteiger partial charge in [-0.05, 0) is 6.92 Å². The maximum absolute atomic E-state index is 11.0. The molecule has 1 unspecified atom stereocenters. The van der Waals surface area contributed by atoms with Crippen molar-refractivity contribution >= 4 is 17.7 Å². The van der Waals surface area contributed by atoms with Crippen molar-refractivity contribution in [3.05, 3.63) is 0 Å². The number of hydrogen-bond donors (Lipinski definition) is 1. The van der Waals surface area contributed by atoms with E-state index in [9.17, 15) is 14.4 Å². The number of carbonyl (C=O) groups excluding carboxylic acids is 2. The zero-order valence-corrected chi connectivity index (χ0v) is 7.65. The quantitative estimate of drug-likeness (QED) is 0.377. The van der Waals surface area contributed by atoms with Gasteiger partial charge in [0.2, 0.25) is 0 Å². The second-order valence-corrected chi connectivity index (χ2v) is 2.61. The lowest BCUT2D eigenvalue weighted by Gasteiger charge is -2.08. The van der Waals surface area contributed by atoms with E-state index < -0.39 is 23.6 Å². The Morgan fingerprint density at radius 2 is 2.07 bits per heavy atom. The first-order valence-electron chi connectivity index (χ1n) is 3.81. The Bertz CT molecular complexity index is 286. The van der Waals surface area contributed by atoms with Gasteiger partial charge in [0.25, 0.3) is 0 Å². The van der Waals surface area contributed by atoms with Crippen LogP contribution in [0.1, 0.15) is 13.3 Å². The first-order valence-corrected chi connectivity index (χ1v) is 3.81. The van der Waals surface area contributed by atoms with E-state index in [0.717, 1.165) is 0 Å². The number of rotatable bonds is 5. The molecule has 0 radical (unpaired) electrons. The number of Topliss-reactive ketones (excluding diaryl/α,β-unsaturated/α-hetero) is 1. The predicted octanol–water partition coefficient (Wildman–Crippen LogP) is -0.157. The number of carboxylic acids is 1. The molecule has 0 fully saturated rings. The fraction of sp³-hybridized carbons (Fsp3) is 0.444. The first kappa shape index (κ1) is 12.2. The van der Waals surface area contributed by atoms with Gasteiger partial charge in [-0.2, -0.15) is 0 Å². The Kier molecular flexibility index (Phi) is 5.00. The Labute approximate surface area is 81.1 Å². The molecule has 0 aliphatic carbocycles. The Balaban J connectivity index is 4.35. The van der Waals surface area contributed by atoms with Gasteiger partial charge in [-0.3, -0.25) is 14.4 Å². The third-order valence-corrected chi connectivity index (χ3v) is 1.37. The summed E-state index contributed by atoms with van der Waals surface area (Å²) in [7, 11) is 0. The van der Waals surface area contributed by atoms with E-state index in [1.165, 1.54) is 6.92 Å². The van der Waals surface area contributed by atoms with E-state index in [4.69, 9.17) is 11.5 Å². The highest BCUT2D eigenvalue weighted by Gasteiger charge is 2.28. The summed E-state index contributed by atoms with van der Waals surface area (Å²) in [6.07, 6.45) is 4.44. The molecular formula is C9H10O5. The lowest BCUT2D eigenvalue weighted by molar-refractivity contribution is -0.159. The number of carboxylic acid groups (broad SMARTS) is 1. The molecule has 76 valence electrons. The molecule has 0 saturated carbocycles. The molecule has 0 amide bonds. The number of ether oxygens (including phenoxy) is 1. The van der Waals surface area contributed by atoms with Crippen molar-refractivity contribution in [2.75, 3.05) is 6.61 Å². The highest BCUT2D eigenvalue weighted by molar-refractivity contribution is 5.98. The van der Waals surface area contributed by atoms with E-state index in [1.807, 2.05) is 5.92 Å². The standard InChI is InChI=1S/C9H10O5/c1-3-4-14-9(13)7(8(11)12)5-6(2)10/h1,7H,4-5H2,2H3,(H,11,12). The molecule has 0 rings (SSSR count). The fourth-order valence-electron chi connectivity index (χ4n) is 0.772. The smallest absolute Gasteiger partial charge is 0.321 e. The highest BCUT2D eigenvalue weighted by atomic mass is 16.5. The van der Waals surface area contributed by atoms with Gasteiger partial charge in [0.05, 0.1) is 0 Å². The van der Waals surface area contributed by atoms with E-state index in [1.54, 1.807) is 0 Å². The van der Waals surface area contributed by atoms with Crippen molar-refractivity contribution in [2.24, 2.45) is 5.92 Å². The Morgan fingerprint density at radius 3 is 2.43 bits per heavy atom. The number of terminal acetylenes is 1. The summed E-state index contributed by atoms with van der Waals surface area (Å²) in [5.41, 5.74) is 0. The topological polar surface area (TPSA) is 80.7 Å². The zero-order chi connectivity index (χ0) is 11.1. The van der Waals surface area contributed by atoms with Crippen LogP contribution in [0.5, 0.6) is 0 Å². The van der Waals surface area contributed by atoms with Gasteiger partial charge in [-0.25, -0.2) is 0 Å². The molecule has 0 aliphatic heterocycles. The van der Waals surface area contributed by atoms with Crippen LogP contribution in [0.15, 0.2) is 0 Å². The molecule has 0 aromatic rings. The van der Waals surface area contributed by atoms with E-state index in [2.05, 4.69) is 4.74 Å². The maximum atomic E-state index is 11.0. The minimum atomic E-state index is -1.46. The zero-order valence-electron chi connectivity index (χ0n) is 7.65. The van der Waals surface area contributed by atoms with Crippen molar-refractivity contribution in [1.82, 2.24) is 0 Å². The van der Waals surface area contributed by atoms with E-state index >= 15 is 0 Å². The average molecular weight is 198 g/mol. The third-order valence-electron chi connectivity index (χ3n) is 1.37. The fourth-order valence-corrected chi connectivity index (χ4v) is 0.772. The largest absolute Gasteiger partial charge is 0.481 e. The van der Waals surface area contributed by atoms with Gasteiger partial charge in [-0.1, -0.05) is 5.92 Å². The first-order chi connectivity index (χ1) is 6.49. The van der Waals surface area contributed by atoms with Crippen molar-refractivity contribution in [3.8, 4) is 12.3 Å². The van der Waals surface area contributed by atoms with Crippen LogP contribution in [0.2, 0.25) is 0 Å². The number of esters is 1. The van der Waals surface area contributed by atoms with Crippen molar-refractivity contribution in [1.29, 1.82) is 0 Å². The summed E-state index contributed by atoms with van der Waals surface area (Å²) in [6.45, 7) is 0.908. The normalized spacial score (nSPS) is 11.1. The summed E-state index contributed by atoms with van der Waals surface area (Å²) in [4.78, 5) is 32.2.